The molecule has 27 heavy (non-hydrogen) atoms. The molecule has 0 spiro atoms. The van der Waals surface area contributed by atoms with Gasteiger partial charge in [0.25, 0.3) is 0 Å². The minimum Gasteiger partial charge on any atom is -0.497 e. The number of rotatable bonds is 6. The number of ether oxygens (including phenoxy) is 2. The lowest BCUT2D eigenvalue weighted by Gasteiger charge is -2.25. The highest BCUT2D eigenvalue weighted by molar-refractivity contribution is 6.05. The van der Waals surface area contributed by atoms with Crippen molar-refractivity contribution in [1.82, 2.24) is 0 Å². The Bertz CT molecular complexity index is 822. The number of amides is 2. The van der Waals surface area contributed by atoms with E-state index in [4.69, 9.17) is 9.47 Å². The average molecular weight is 368 g/mol. The van der Waals surface area contributed by atoms with E-state index < -0.39 is 5.92 Å². The van der Waals surface area contributed by atoms with Gasteiger partial charge in [-0.15, -0.1) is 0 Å². The lowest BCUT2D eigenvalue weighted by Crippen LogP contribution is -2.37. The second kappa shape index (κ2) is 8.12. The van der Waals surface area contributed by atoms with Crippen molar-refractivity contribution < 1.29 is 19.1 Å². The SMILES string of the molecule is CCN(C(=O)C1CC(=O)N(c2cc(OC)ccc2OC)C1)c1ccccc1. The molecule has 1 fully saturated rings. The summed E-state index contributed by atoms with van der Waals surface area (Å²) in [5.74, 6) is 0.680. The normalized spacial score (nSPS) is 16.3. The van der Waals surface area contributed by atoms with E-state index in [2.05, 4.69) is 0 Å². The predicted molar refractivity (Wildman–Crippen MR) is 104 cm³/mol. The standard InChI is InChI=1S/C21H24N2O4/c1-4-22(16-8-6-5-7-9-16)21(25)15-12-20(24)23(14-15)18-13-17(26-2)10-11-19(18)27-3/h5-11,13,15H,4,12,14H2,1-3H3. The van der Waals surface area contributed by atoms with Crippen LogP contribution in [-0.4, -0.2) is 39.1 Å². The van der Waals surface area contributed by atoms with Crippen molar-refractivity contribution in [1.29, 1.82) is 0 Å². The van der Waals surface area contributed by atoms with Gasteiger partial charge >= 0.3 is 0 Å². The number of nitrogens with zero attached hydrogens (tertiary/aromatic N) is 2. The molecule has 0 radical (unpaired) electrons. The molecule has 0 saturated carbocycles. The molecule has 2 aromatic rings. The van der Waals surface area contributed by atoms with Crippen molar-refractivity contribution in [3.8, 4) is 11.5 Å². The first-order valence-corrected chi connectivity index (χ1v) is 8.97. The molecule has 142 valence electrons. The molecule has 3 rings (SSSR count). The van der Waals surface area contributed by atoms with E-state index >= 15 is 0 Å². The van der Waals surface area contributed by atoms with Crippen LogP contribution in [0.1, 0.15) is 13.3 Å². The molecule has 1 aliphatic rings. The van der Waals surface area contributed by atoms with Crippen molar-refractivity contribution in [3.05, 3.63) is 48.5 Å². The molecule has 1 aliphatic heterocycles. The van der Waals surface area contributed by atoms with Gasteiger partial charge in [-0.05, 0) is 31.2 Å². The molecule has 0 aliphatic carbocycles. The Balaban J connectivity index is 1.84. The van der Waals surface area contributed by atoms with Gasteiger partial charge in [0.2, 0.25) is 11.8 Å². The second-order valence-electron chi connectivity index (χ2n) is 6.36. The summed E-state index contributed by atoms with van der Waals surface area (Å²) in [6, 6.07) is 14.8. The van der Waals surface area contributed by atoms with Crippen molar-refractivity contribution in [3.63, 3.8) is 0 Å². The summed E-state index contributed by atoms with van der Waals surface area (Å²) >= 11 is 0. The molecule has 1 atom stereocenters. The maximum atomic E-state index is 13.1. The predicted octanol–water partition coefficient (Wildman–Crippen LogP) is 3.11. The topological polar surface area (TPSA) is 59.1 Å². The Labute approximate surface area is 159 Å². The summed E-state index contributed by atoms with van der Waals surface area (Å²) in [7, 11) is 3.13. The lowest BCUT2D eigenvalue weighted by atomic mass is 10.1. The fourth-order valence-corrected chi connectivity index (χ4v) is 3.41. The van der Waals surface area contributed by atoms with Crippen molar-refractivity contribution in [2.45, 2.75) is 13.3 Å². The number of carbonyl (C=O) groups excluding carboxylic acids is 2. The maximum Gasteiger partial charge on any atom is 0.232 e. The van der Waals surface area contributed by atoms with Crippen LogP contribution in [0, 0.1) is 5.92 Å². The van der Waals surface area contributed by atoms with E-state index in [0.717, 1.165) is 5.69 Å². The third-order valence-corrected chi connectivity index (χ3v) is 4.80. The second-order valence-corrected chi connectivity index (χ2v) is 6.36. The smallest absolute Gasteiger partial charge is 0.232 e. The summed E-state index contributed by atoms with van der Waals surface area (Å²) in [5.41, 5.74) is 1.47. The van der Waals surface area contributed by atoms with Gasteiger partial charge in [-0.1, -0.05) is 18.2 Å². The average Bonchev–Trinajstić information content (AvgIpc) is 3.10. The van der Waals surface area contributed by atoms with Crippen molar-refractivity contribution in [2.75, 3.05) is 37.1 Å². The lowest BCUT2D eigenvalue weighted by molar-refractivity contribution is -0.124. The number of anilines is 2. The van der Waals surface area contributed by atoms with Gasteiger partial charge in [0.1, 0.15) is 11.5 Å². The molecule has 1 saturated heterocycles. The van der Waals surface area contributed by atoms with Crippen LogP contribution in [-0.2, 0) is 9.59 Å². The largest absolute Gasteiger partial charge is 0.497 e. The van der Waals surface area contributed by atoms with Gasteiger partial charge in [0, 0.05) is 31.3 Å². The molecule has 2 amide bonds. The first-order chi connectivity index (χ1) is 13.1. The molecule has 0 bridgehead atoms. The number of hydrogen-bond acceptors (Lipinski definition) is 4. The minimum absolute atomic E-state index is 0.0404. The van der Waals surface area contributed by atoms with Crippen molar-refractivity contribution in [2.24, 2.45) is 5.92 Å². The molecular weight excluding hydrogens is 344 g/mol. The van der Waals surface area contributed by atoms with Gasteiger partial charge in [-0.3, -0.25) is 9.59 Å². The van der Waals surface area contributed by atoms with E-state index in [9.17, 15) is 9.59 Å². The summed E-state index contributed by atoms with van der Waals surface area (Å²) < 4.78 is 10.7. The fourth-order valence-electron chi connectivity index (χ4n) is 3.41. The van der Waals surface area contributed by atoms with Gasteiger partial charge in [-0.25, -0.2) is 0 Å². The molecule has 0 aromatic heterocycles. The molecule has 1 heterocycles. The number of methoxy groups -OCH3 is 2. The van der Waals surface area contributed by atoms with Crippen LogP contribution in [0.5, 0.6) is 11.5 Å². The van der Waals surface area contributed by atoms with Crippen LogP contribution in [0.2, 0.25) is 0 Å². The highest BCUT2D eigenvalue weighted by Crippen LogP contribution is 2.36. The number of hydrogen-bond donors (Lipinski definition) is 0. The summed E-state index contributed by atoms with van der Waals surface area (Å²) in [4.78, 5) is 29.1. The van der Waals surface area contributed by atoms with E-state index in [1.165, 1.54) is 0 Å². The molecule has 0 N–H and O–H groups in total. The van der Waals surface area contributed by atoms with E-state index in [-0.39, 0.29) is 18.2 Å². The van der Waals surface area contributed by atoms with Crippen LogP contribution in [0.25, 0.3) is 0 Å². The third-order valence-electron chi connectivity index (χ3n) is 4.80. The van der Waals surface area contributed by atoms with Gasteiger partial charge in [0.15, 0.2) is 0 Å². The highest BCUT2D eigenvalue weighted by Gasteiger charge is 2.38. The van der Waals surface area contributed by atoms with Crippen molar-refractivity contribution >= 4 is 23.2 Å². The Kier molecular flexibility index (Phi) is 5.64. The van der Waals surface area contributed by atoms with Crippen LogP contribution in [0.15, 0.2) is 48.5 Å². The highest BCUT2D eigenvalue weighted by atomic mass is 16.5. The molecule has 1 unspecified atom stereocenters. The summed E-state index contributed by atoms with van der Waals surface area (Å²) in [5, 5.41) is 0. The third kappa shape index (κ3) is 3.74. The zero-order chi connectivity index (χ0) is 19.4. The fraction of sp³-hybridized carbons (Fsp3) is 0.333. The van der Waals surface area contributed by atoms with Crippen LogP contribution in [0.4, 0.5) is 11.4 Å². The van der Waals surface area contributed by atoms with Crippen LogP contribution < -0.4 is 19.3 Å². The zero-order valence-electron chi connectivity index (χ0n) is 15.8. The van der Waals surface area contributed by atoms with E-state index in [1.54, 1.807) is 42.2 Å². The minimum atomic E-state index is -0.395. The zero-order valence-corrected chi connectivity index (χ0v) is 15.8. The Morgan fingerprint density at radius 1 is 1.15 bits per heavy atom. The summed E-state index contributed by atoms with van der Waals surface area (Å²) in [6.45, 7) is 2.81. The Morgan fingerprint density at radius 2 is 1.89 bits per heavy atom. The first kappa shape index (κ1) is 18.8. The van der Waals surface area contributed by atoms with E-state index in [1.807, 2.05) is 37.3 Å². The van der Waals surface area contributed by atoms with Crippen LogP contribution in [0.3, 0.4) is 0 Å². The van der Waals surface area contributed by atoms with Gasteiger partial charge < -0.3 is 19.3 Å². The molecule has 6 heteroatoms. The molecular formula is C21H24N2O4. The number of para-hydroxylation sites is 1. The van der Waals surface area contributed by atoms with Crippen LogP contribution >= 0.6 is 0 Å². The maximum absolute atomic E-state index is 13.1. The van der Waals surface area contributed by atoms with E-state index in [0.29, 0.717) is 30.3 Å². The monoisotopic (exact) mass is 368 g/mol. The number of benzene rings is 2. The van der Waals surface area contributed by atoms with Gasteiger partial charge in [-0.2, -0.15) is 0 Å². The molecule has 2 aromatic carbocycles. The number of carbonyl (C=O) groups is 2. The first-order valence-electron chi connectivity index (χ1n) is 8.97. The Hall–Kier alpha value is -3.02. The quantitative estimate of drug-likeness (QED) is 0.786. The van der Waals surface area contributed by atoms with Gasteiger partial charge in [0.05, 0.1) is 25.8 Å². The Morgan fingerprint density at radius 3 is 2.52 bits per heavy atom. The summed E-state index contributed by atoms with van der Waals surface area (Å²) in [6.07, 6.45) is 0.183. The molecule has 6 nitrogen and oxygen atoms in total.